The summed E-state index contributed by atoms with van der Waals surface area (Å²) in [6, 6.07) is 1.18. The van der Waals surface area contributed by atoms with E-state index in [1.165, 1.54) is 31.7 Å². The van der Waals surface area contributed by atoms with Crippen LogP contribution in [0.25, 0.3) is 0 Å². The van der Waals surface area contributed by atoms with E-state index >= 15 is 0 Å². The highest BCUT2D eigenvalue weighted by Gasteiger charge is 2.55. The van der Waals surface area contributed by atoms with Crippen LogP contribution in [-0.2, 0) is 8.85 Å². The smallest absolute Gasteiger partial charge is 0.341 e. The van der Waals surface area contributed by atoms with E-state index in [0.717, 1.165) is 30.6 Å². The molecule has 2 fully saturated rings. The summed E-state index contributed by atoms with van der Waals surface area (Å²) in [4.78, 5) is 0. The summed E-state index contributed by atoms with van der Waals surface area (Å²) in [5.74, 6) is 2.59. The van der Waals surface area contributed by atoms with Gasteiger partial charge in [0.1, 0.15) is 0 Å². The fourth-order valence-electron chi connectivity index (χ4n) is 4.37. The van der Waals surface area contributed by atoms with Gasteiger partial charge in [-0.05, 0) is 50.5 Å². The van der Waals surface area contributed by atoms with Crippen LogP contribution in [-0.4, -0.2) is 21.8 Å². The number of hydrogen-bond acceptors (Lipinski definition) is 2. The zero-order chi connectivity index (χ0) is 13.2. The molecule has 2 rings (SSSR count). The lowest BCUT2D eigenvalue weighted by molar-refractivity contribution is 0.157. The van der Waals surface area contributed by atoms with Crippen molar-refractivity contribution in [3.8, 4) is 0 Å². The second kappa shape index (κ2) is 6.06. The zero-order valence-electron chi connectivity index (χ0n) is 12.6. The third-order valence-electron chi connectivity index (χ3n) is 4.77. The topological polar surface area (TPSA) is 18.5 Å². The fourth-order valence-corrected chi connectivity index (χ4v) is 9.24. The van der Waals surface area contributed by atoms with Crippen LogP contribution in [0.2, 0.25) is 11.6 Å². The Morgan fingerprint density at radius 3 is 2.11 bits per heavy atom. The Balaban J connectivity index is 2.15. The van der Waals surface area contributed by atoms with E-state index in [0.29, 0.717) is 5.92 Å². The molecule has 0 saturated heterocycles. The third kappa shape index (κ3) is 2.83. The first-order valence-electron chi connectivity index (χ1n) is 7.89. The van der Waals surface area contributed by atoms with Crippen LogP contribution in [0.1, 0.15) is 53.4 Å². The van der Waals surface area contributed by atoms with Crippen LogP contribution in [0.5, 0.6) is 0 Å². The van der Waals surface area contributed by atoms with Crippen LogP contribution >= 0.6 is 0 Å². The van der Waals surface area contributed by atoms with E-state index in [1.807, 2.05) is 0 Å². The third-order valence-corrected chi connectivity index (χ3v) is 9.55. The van der Waals surface area contributed by atoms with Crippen molar-refractivity contribution in [3.63, 3.8) is 0 Å². The summed E-state index contributed by atoms with van der Waals surface area (Å²) in [6.07, 6.45) is 5.75. The molecule has 0 radical (unpaired) electrons. The van der Waals surface area contributed by atoms with Gasteiger partial charge in [0.25, 0.3) is 0 Å². The van der Waals surface area contributed by atoms with Crippen molar-refractivity contribution >= 4 is 8.56 Å². The van der Waals surface area contributed by atoms with Crippen LogP contribution in [0, 0.1) is 17.8 Å². The standard InChI is InChI=1S/C15H30O2Si/c1-5-16-18(17-6-2,11-12(3)4)15-10-13-7-8-14(15)9-13/h12-15H,5-11H2,1-4H3. The van der Waals surface area contributed by atoms with Crippen LogP contribution in [0.15, 0.2) is 0 Å². The second-order valence-electron chi connectivity index (χ2n) is 6.56. The zero-order valence-corrected chi connectivity index (χ0v) is 13.6. The second-order valence-corrected chi connectivity index (χ2v) is 9.91. The maximum absolute atomic E-state index is 6.33. The number of hydrogen-bond donors (Lipinski definition) is 0. The molecule has 0 aromatic rings. The molecule has 106 valence electrons. The predicted molar refractivity (Wildman–Crippen MR) is 77.8 cm³/mol. The summed E-state index contributed by atoms with van der Waals surface area (Å²) in [5.41, 5.74) is 0.776. The Labute approximate surface area is 114 Å². The van der Waals surface area contributed by atoms with Crippen LogP contribution in [0.4, 0.5) is 0 Å². The van der Waals surface area contributed by atoms with Gasteiger partial charge in [0.15, 0.2) is 0 Å². The Morgan fingerprint density at radius 1 is 1.06 bits per heavy atom. The minimum absolute atomic E-state index is 0.689. The normalized spacial score (nSPS) is 31.5. The average Bonchev–Trinajstić information content (AvgIpc) is 2.90. The molecule has 2 aliphatic rings. The van der Waals surface area contributed by atoms with Crippen molar-refractivity contribution in [1.82, 2.24) is 0 Å². The first-order valence-corrected chi connectivity index (χ1v) is 9.99. The van der Waals surface area contributed by atoms with Crippen LogP contribution < -0.4 is 0 Å². The molecule has 2 bridgehead atoms. The number of rotatable bonds is 7. The predicted octanol–water partition coefficient (Wildman–Crippen LogP) is 4.35. The van der Waals surface area contributed by atoms with E-state index in [2.05, 4.69) is 27.7 Å². The molecule has 0 spiro atoms. The lowest BCUT2D eigenvalue weighted by atomic mass is 10.0. The SMILES string of the molecule is CCO[Si](CC(C)C)(OCC)C1CC2CCC1C2. The first kappa shape index (κ1) is 14.5. The highest BCUT2D eigenvalue weighted by Crippen LogP contribution is 2.57. The molecule has 3 atom stereocenters. The van der Waals surface area contributed by atoms with Crippen molar-refractivity contribution in [2.24, 2.45) is 17.8 Å². The molecule has 3 heteroatoms. The Hall–Kier alpha value is 0.137. The molecule has 3 unspecified atom stereocenters. The quantitative estimate of drug-likeness (QED) is 0.640. The Bertz CT molecular complexity index is 261. The van der Waals surface area contributed by atoms with Gasteiger partial charge in [-0.3, -0.25) is 0 Å². The van der Waals surface area contributed by atoms with E-state index in [1.54, 1.807) is 0 Å². The van der Waals surface area contributed by atoms with Gasteiger partial charge in [0.2, 0.25) is 0 Å². The van der Waals surface area contributed by atoms with Gasteiger partial charge in [0.05, 0.1) is 0 Å². The first-order chi connectivity index (χ1) is 8.61. The van der Waals surface area contributed by atoms with Crippen molar-refractivity contribution in [3.05, 3.63) is 0 Å². The molecule has 0 N–H and O–H groups in total. The summed E-state index contributed by atoms with van der Waals surface area (Å²) < 4.78 is 12.7. The molecule has 2 nitrogen and oxygen atoms in total. The maximum atomic E-state index is 6.33. The summed E-state index contributed by atoms with van der Waals surface area (Å²) in [5, 5.41) is 0. The van der Waals surface area contributed by atoms with E-state index < -0.39 is 8.56 Å². The van der Waals surface area contributed by atoms with Crippen LogP contribution in [0.3, 0.4) is 0 Å². The van der Waals surface area contributed by atoms with E-state index in [9.17, 15) is 0 Å². The largest absolute Gasteiger partial charge is 0.394 e. The van der Waals surface area contributed by atoms with E-state index in [-0.39, 0.29) is 0 Å². The highest BCUT2D eigenvalue weighted by molar-refractivity contribution is 6.69. The van der Waals surface area contributed by atoms with Crippen molar-refractivity contribution in [2.75, 3.05) is 13.2 Å². The fraction of sp³-hybridized carbons (Fsp3) is 1.00. The Morgan fingerprint density at radius 2 is 1.72 bits per heavy atom. The molecule has 2 saturated carbocycles. The molecular weight excluding hydrogens is 240 g/mol. The van der Waals surface area contributed by atoms with Gasteiger partial charge in [-0.2, -0.15) is 0 Å². The summed E-state index contributed by atoms with van der Waals surface area (Å²) in [7, 11) is -1.98. The lowest BCUT2D eigenvalue weighted by Crippen LogP contribution is -2.49. The van der Waals surface area contributed by atoms with E-state index in [4.69, 9.17) is 8.85 Å². The highest BCUT2D eigenvalue weighted by atomic mass is 28.4. The molecule has 18 heavy (non-hydrogen) atoms. The maximum Gasteiger partial charge on any atom is 0.341 e. The van der Waals surface area contributed by atoms with Gasteiger partial charge < -0.3 is 8.85 Å². The molecule has 2 aliphatic carbocycles. The van der Waals surface area contributed by atoms with Crippen molar-refractivity contribution in [1.29, 1.82) is 0 Å². The molecule has 0 aromatic heterocycles. The average molecular weight is 270 g/mol. The van der Waals surface area contributed by atoms with Gasteiger partial charge >= 0.3 is 8.56 Å². The number of fused-ring (bicyclic) bond motifs is 2. The monoisotopic (exact) mass is 270 g/mol. The van der Waals surface area contributed by atoms with Gasteiger partial charge in [0, 0.05) is 18.8 Å². The minimum atomic E-state index is -1.98. The van der Waals surface area contributed by atoms with Gasteiger partial charge in [-0.15, -0.1) is 0 Å². The van der Waals surface area contributed by atoms with Crippen molar-refractivity contribution in [2.45, 2.75) is 65.0 Å². The van der Waals surface area contributed by atoms with Gasteiger partial charge in [-0.25, -0.2) is 0 Å². The molecule has 0 amide bonds. The summed E-state index contributed by atoms with van der Waals surface area (Å²) in [6.45, 7) is 10.5. The Kier molecular flexibility index (Phi) is 4.90. The lowest BCUT2D eigenvalue weighted by Gasteiger charge is -2.40. The van der Waals surface area contributed by atoms with Crippen molar-refractivity contribution < 1.29 is 8.85 Å². The minimum Gasteiger partial charge on any atom is -0.394 e. The molecular formula is C15H30O2Si. The van der Waals surface area contributed by atoms with Gasteiger partial charge in [-0.1, -0.05) is 26.7 Å². The summed E-state index contributed by atoms with van der Waals surface area (Å²) >= 11 is 0. The molecule has 0 aromatic carbocycles. The molecule has 0 heterocycles. The molecule has 0 aliphatic heterocycles.